The molecule has 1 rings (SSSR count). The van der Waals surface area contributed by atoms with Crippen LogP contribution >= 0.6 is 0 Å². The number of allylic oxidation sites excluding steroid dienone is 2. The van der Waals surface area contributed by atoms with E-state index in [0.29, 0.717) is 6.61 Å². The Morgan fingerprint density at radius 2 is 1.41 bits per heavy atom. The van der Waals surface area contributed by atoms with Gasteiger partial charge < -0.3 is 4.74 Å². The number of carbonyl (C=O) groups is 1. The molecule has 0 aromatic carbocycles. The Morgan fingerprint density at radius 1 is 0.852 bits per heavy atom. The Hall–Kier alpha value is -1.05. The van der Waals surface area contributed by atoms with Crippen LogP contribution in [0.1, 0.15) is 118 Å². The zero-order valence-corrected chi connectivity index (χ0v) is 18.6. The molecule has 0 unspecified atom stereocenters. The van der Waals surface area contributed by atoms with E-state index >= 15 is 0 Å². The van der Waals surface area contributed by atoms with Crippen LogP contribution in [0.3, 0.4) is 0 Å². The molecular weight excluding hydrogens is 332 g/mol. The number of hydrogen-bond acceptors (Lipinski definition) is 2. The molecule has 0 N–H and O–H groups in total. The van der Waals surface area contributed by atoms with E-state index in [0.717, 1.165) is 24.8 Å². The molecule has 0 aromatic rings. The van der Waals surface area contributed by atoms with Crippen LogP contribution in [-0.4, -0.2) is 12.6 Å². The largest absolute Gasteiger partial charge is 0.461 e. The fourth-order valence-electron chi connectivity index (χ4n) is 3.82. The summed E-state index contributed by atoms with van der Waals surface area (Å²) >= 11 is 0. The minimum atomic E-state index is -0.0897. The molecule has 0 fully saturated rings. The fraction of sp³-hybridized carbons (Fsp3) is 0.800. The lowest BCUT2D eigenvalue weighted by atomic mass is 9.79. The van der Waals surface area contributed by atoms with E-state index in [2.05, 4.69) is 39.8 Å². The highest BCUT2D eigenvalue weighted by atomic mass is 16.5. The van der Waals surface area contributed by atoms with Crippen molar-refractivity contribution in [1.29, 1.82) is 0 Å². The number of esters is 1. The zero-order chi connectivity index (χ0) is 20.0. The molecule has 1 aliphatic heterocycles. The first kappa shape index (κ1) is 24.0. The summed E-state index contributed by atoms with van der Waals surface area (Å²) < 4.78 is 5.44. The summed E-state index contributed by atoms with van der Waals surface area (Å²) in [6.07, 6.45) is 22.2. The van der Waals surface area contributed by atoms with E-state index < -0.39 is 0 Å². The van der Waals surface area contributed by atoms with Crippen molar-refractivity contribution in [3.05, 3.63) is 23.3 Å². The maximum atomic E-state index is 12.3. The first-order valence-corrected chi connectivity index (χ1v) is 11.6. The molecule has 1 heterocycles. The first-order chi connectivity index (χ1) is 13.0. The monoisotopic (exact) mass is 376 g/mol. The predicted molar refractivity (Wildman–Crippen MR) is 117 cm³/mol. The van der Waals surface area contributed by atoms with Gasteiger partial charge in [0.2, 0.25) is 0 Å². The van der Waals surface area contributed by atoms with Crippen LogP contribution in [0.5, 0.6) is 0 Å². The van der Waals surface area contributed by atoms with Gasteiger partial charge in [-0.05, 0) is 31.3 Å². The minimum Gasteiger partial charge on any atom is -0.461 e. The van der Waals surface area contributed by atoms with Gasteiger partial charge in [0, 0.05) is 11.0 Å². The number of cyclic esters (lactones) is 1. The average Bonchev–Trinajstić information content (AvgIpc) is 2.64. The number of ether oxygens (including phenoxy) is 1. The molecule has 0 amide bonds. The smallest absolute Gasteiger partial charge is 0.334 e. The predicted octanol–water partition coefficient (Wildman–Crippen LogP) is 7.92. The van der Waals surface area contributed by atoms with Crippen molar-refractivity contribution in [2.45, 2.75) is 118 Å². The summed E-state index contributed by atoms with van der Waals surface area (Å²) in [5.74, 6) is -0.0897. The second-order valence-electron chi connectivity index (χ2n) is 8.83. The van der Waals surface area contributed by atoms with Gasteiger partial charge in [-0.25, -0.2) is 4.79 Å². The lowest BCUT2D eigenvalue weighted by molar-refractivity contribution is -0.143. The summed E-state index contributed by atoms with van der Waals surface area (Å²) in [6, 6.07) is 0. The van der Waals surface area contributed by atoms with Crippen molar-refractivity contribution in [2.75, 3.05) is 6.61 Å². The molecule has 2 nitrogen and oxygen atoms in total. The quantitative estimate of drug-likeness (QED) is 0.214. The SMILES string of the molecule is CCCCCCCCCCC/C=C\C1=C(CCCCC)C(=O)OCC1(C)C. The number of carbonyl (C=O) groups excluding carboxylic acids is 1. The van der Waals surface area contributed by atoms with Gasteiger partial charge in [0.25, 0.3) is 0 Å². The molecule has 0 aromatic heterocycles. The molecule has 0 aliphatic carbocycles. The van der Waals surface area contributed by atoms with Crippen LogP contribution in [0.25, 0.3) is 0 Å². The highest BCUT2D eigenvalue weighted by Crippen LogP contribution is 2.36. The minimum absolute atomic E-state index is 0.0650. The van der Waals surface area contributed by atoms with Crippen LogP contribution in [0.4, 0.5) is 0 Å². The summed E-state index contributed by atoms with van der Waals surface area (Å²) in [6.45, 7) is 9.36. The highest BCUT2D eigenvalue weighted by Gasteiger charge is 2.33. The van der Waals surface area contributed by atoms with Crippen LogP contribution in [0.2, 0.25) is 0 Å². The molecule has 0 bridgehead atoms. The second-order valence-corrected chi connectivity index (χ2v) is 8.83. The van der Waals surface area contributed by atoms with Crippen LogP contribution in [0, 0.1) is 5.41 Å². The summed E-state index contributed by atoms with van der Waals surface area (Å²) in [5.41, 5.74) is 2.07. The zero-order valence-electron chi connectivity index (χ0n) is 18.6. The second kappa shape index (κ2) is 14.0. The van der Waals surface area contributed by atoms with Gasteiger partial charge in [-0.3, -0.25) is 0 Å². The van der Waals surface area contributed by atoms with Crippen molar-refractivity contribution in [3.63, 3.8) is 0 Å². The van der Waals surface area contributed by atoms with E-state index in [9.17, 15) is 4.79 Å². The number of hydrogen-bond donors (Lipinski definition) is 0. The third-order valence-corrected chi connectivity index (χ3v) is 5.65. The average molecular weight is 377 g/mol. The van der Waals surface area contributed by atoms with Crippen LogP contribution in [-0.2, 0) is 9.53 Å². The fourth-order valence-corrected chi connectivity index (χ4v) is 3.82. The van der Waals surface area contributed by atoms with Gasteiger partial charge in [-0.1, -0.05) is 104 Å². The first-order valence-electron chi connectivity index (χ1n) is 11.6. The molecule has 2 heteroatoms. The highest BCUT2D eigenvalue weighted by molar-refractivity contribution is 5.91. The van der Waals surface area contributed by atoms with Crippen molar-refractivity contribution in [3.8, 4) is 0 Å². The maximum Gasteiger partial charge on any atom is 0.334 e. The third kappa shape index (κ3) is 9.63. The summed E-state index contributed by atoms with van der Waals surface area (Å²) in [7, 11) is 0. The lowest BCUT2D eigenvalue weighted by Gasteiger charge is -2.33. The van der Waals surface area contributed by atoms with Gasteiger partial charge in [-0.15, -0.1) is 0 Å². The Labute approximate surface area is 168 Å². The third-order valence-electron chi connectivity index (χ3n) is 5.65. The van der Waals surface area contributed by atoms with Crippen molar-refractivity contribution < 1.29 is 9.53 Å². The molecular formula is C25H44O2. The molecule has 156 valence electrons. The number of rotatable bonds is 15. The summed E-state index contributed by atoms with van der Waals surface area (Å²) in [5, 5.41) is 0. The van der Waals surface area contributed by atoms with Gasteiger partial charge in [0.15, 0.2) is 0 Å². The molecule has 27 heavy (non-hydrogen) atoms. The Bertz CT molecular complexity index is 471. The molecule has 1 aliphatic rings. The maximum absolute atomic E-state index is 12.3. The van der Waals surface area contributed by atoms with Crippen LogP contribution in [0.15, 0.2) is 23.3 Å². The van der Waals surface area contributed by atoms with E-state index in [-0.39, 0.29) is 11.4 Å². The normalized spacial score (nSPS) is 17.0. The Morgan fingerprint density at radius 3 is 2.04 bits per heavy atom. The topological polar surface area (TPSA) is 26.3 Å². The van der Waals surface area contributed by atoms with Gasteiger partial charge in [0.1, 0.15) is 6.61 Å². The van der Waals surface area contributed by atoms with Crippen LogP contribution < -0.4 is 0 Å². The standard InChI is InChI=1S/C25H44O2/c1-5-7-9-10-11-12-13-14-15-16-18-20-23-22(19-17-8-6-2)24(26)27-21-25(23,3)4/h18,20H,5-17,19,21H2,1-4H3/b20-18-. The van der Waals surface area contributed by atoms with E-state index in [1.165, 1.54) is 76.2 Å². The number of unbranched alkanes of at least 4 members (excludes halogenated alkanes) is 11. The van der Waals surface area contributed by atoms with Crippen molar-refractivity contribution >= 4 is 5.97 Å². The Kier molecular flexibility index (Phi) is 12.5. The van der Waals surface area contributed by atoms with Gasteiger partial charge in [-0.2, -0.15) is 0 Å². The molecule has 0 saturated heterocycles. The van der Waals surface area contributed by atoms with E-state index in [4.69, 9.17) is 4.74 Å². The molecule has 0 atom stereocenters. The van der Waals surface area contributed by atoms with Gasteiger partial charge >= 0.3 is 5.97 Å². The van der Waals surface area contributed by atoms with Gasteiger partial charge in [0.05, 0.1) is 0 Å². The van der Waals surface area contributed by atoms with Crippen molar-refractivity contribution in [1.82, 2.24) is 0 Å². The van der Waals surface area contributed by atoms with E-state index in [1.54, 1.807) is 0 Å². The summed E-state index contributed by atoms with van der Waals surface area (Å²) in [4.78, 5) is 12.3. The molecule has 0 saturated carbocycles. The molecule has 0 radical (unpaired) electrons. The van der Waals surface area contributed by atoms with Crippen molar-refractivity contribution in [2.24, 2.45) is 5.41 Å². The lowest BCUT2D eigenvalue weighted by Crippen LogP contribution is -2.31. The molecule has 0 spiro atoms. The Balaban J connectivity index is 2.40. The van der Waals surface area contributed by atoms with E-state index in [1.807, 2.05) is 0 Å².